The van der Waals surface area contributed by atoms with Crippen LogP contribution >= 0.6 is 0 Å². The lowest BCUT2D eigenvalue weighted by atomic mass is 10.3. The van der Waals surface area contributed by atoms with Crippen LogP contribution in [0.3, 0.4) is 0 Å². The lowest BCUT2D eigenvalue weighted by molar-refractivity contribution is 0.107. The maximum absolute atomic E-state index is 12.5. The highest BCUT2D eigenvalue weighted by molar-refractivity contribution is 6.62. The van der Waals surface area contributed by atoms with E-state index in [1.807, 2.05) is 19.1 Å². The van der Waals surface area contributed by atoms with Gasteiger partial charge in [-0.3, -0.25) is 0 Å². The molecule has 0 saturated heterocycles. The fourth-order valence-electron chi connectivity index (χ4n) is 2.35. The van der Waals surface area contributed by atoms with Gasteiger partial charge in [-0.2, -0.15) is 4.68 Å². The molecule has 0 aliphatic carbocycles. The van der Waals surface area contributed by atoms with E-state index in [4.69, 9.17) is 13.3 Å². The van der Waals surface area contributed by atoms with Crippen molar-refractivity contribution in [2.24, 2.45) is 0 Å². The van der Waals surface area contributed by atoms with Crippen molar-refractivity contribution in [1.29, 1.82) is 0 Å². The molecule has 120 valence electrons. The molecule has 1 aromatic heterocycles. The van der Waals surface area contributed by atoms with Gasteiger partial charge in [0.25, 0.3) is 0 Å². The maximum Gasteiger partial charge on any atom is 0.523 e. The summed E-state index contributed by atoms with van der Waals surface area (Å²) >= 11 is 0. The minimum absolute atomic E-state index is 0.386. The monoisotopic (exact) mass is 324 g/mol. The van der Waals surface area contributed by atoms with Crippen molar-refractivity contribution in [3.8, 4) is 0 Å². The van der Waals surface area contributed by atoms with Gasteiger partial charge in [-0.25, -0.2) is 4.79 Å². The second-order valence-corrected chi connectivity index (χ2v) is 7.74. The molecule has 0 bridgehead atoms. The van der Waals surface area contributed by atoms with Crippen molar-refractivity contribution >= 4 is 25.9 Å². The van der Waals surface area contributed by atoms with Crippen LogP contribution in [0.4, 0.5) is 4.79 Å². The molecule has 1 amide bonds. The lowest BCUT2D eigenvalue weighted by Crippen LogP contribution is -2.61. The number of para-hydroxylation sites is 1. The first-order chi connectivity index (χ1) is 10.6. The number of carbonyl (C=O) groups is 1. The van der Waals surface area contributed by atoms with Crippen molar-refractivity contribution in [3.63, 3.8) is 0 Å². The third-order valence-electron chi connectivity index (χ3n) is 3.53. The number of benzene rings is 1. The second-order valence-electron chi connectivity index (χ2n) is 4.62. The van der Waals surface area contributed by atoms with Gasteiger partial charge in [-0.1, -0.05) is 24.3 Å². The Labute approximate surface area is 129 Å². The average Bonchev–Trinajstić information content (AvgIpc) is 2.99. The van der Waals surface area contributed by atoms with Gasteiger partial charge in [0.1, 0.15) is 11.2 Å². The second kappa shape index (κ2) is 6.96. The molecule has 0 spiro atoms. The summed E-state index contributed by atoms with van der Waals surface area (Å²) in [4.78, 5) is 12.5. The Hall–Kier alpha value is -1.81. The van der Waals surface area contributed by atoms with Gasteiger partial charge in [-0.15, -0.1) is 5.10 Å². The normalized spacial score (nSPS) is 13.3. The number of hydrogen-bond acceptors (Lipinski definition) is 6. The summed E-state index contributed by atoms with van der Waals surface area (Å²) in [6.45, 7) is 1.92. The minimum atomic E-state index is -2.98. The number of amides is 1. The topological polar surface area (TPSA) is 87.5 Å². The summed E-state index contributed by atoms with van der Waals surface area (Å²) in [6.07, 6.45) is 0.597. The number of carbonyl (C=O) groups excluding carboxylic acids is 1. The third-order valence-corrected chi connectivity index (χ3v) is 6.64. The zero-order valence-electron chi connectivity index (χ0n) is 13.1. The van der Waals surface area contributed by atoms with Crippen molar-refractivity contribution in [3.05, 3.63) is 24.3 Å². The highest BCUT2D eigenvalue weighted by Crippen LogP contribution is 2.16. The van der Waals surface area contributed by atoms with Gasteiger partial charge in [0.15, 0.2) is 0 Å². The van der Waals surface area contributed by atoms with Gasteiger partial charge < -0.3 is 18.6 Å². The Morgan fingerprint density at radius 3 is 2.50 bits per heavy atom. The van der Waals surface area contributed by atoms with E-state index < -0.39 is 14.8 Å². The number of nitrogens with one attached hydrogen (secondary N) is 1. The van der Waals surface area contributed by atoms with E-state index in [0.717, 1.165) is 0 Å². The maximum atomic E-state index is 12.5. The minimum Gasteiger partial charge on any atom is -0.376 e. The first-order valence-corrected chi connectivity index (χ1v) is 8.68. The van der Waals surface area contributed by atoms with E-state index in [2.05, 4.69) is 15.6 Å². The summed E-state index contributed by atoms with van der Waals surface area (Å²) < 4.78 is 17.5. The van der Waals surface area contributed by atoms with Crippen LogP contribution in [0.1, 0.15) is 13.3 Å². The summed E-state index contributed by atoms with van der Waals surface area (Å²) in [7, 11) is 1.56. The average molecular weight is 324 g/mol. The molecule has 0 radical (unpaired) electrons. The van der Waals surface area contributed by atoms with Gasteiger partial charge in [0, 0.05) is 21.3 Å². The van der Waals surface area contributed by atoms with Crippen LogP contribution < -0.4 is 5.32 Å². The molecule has 2 aromatic rings. The van der Waals surface area contributed by atoms with Crippen LogP contribution in [-0.2, 0) is 13.3 Å². The molecule has 22 heavy (non-hydrogen) atoms. The van der Waals surface area contributed by atoms with E-state index in [0.29, 0.717) is 17.5 Å². The predicted molar refractivity (Wildman–Crippen MR) is 82.3 cm³/mol. The molecule has 0 aliphatic rings. The SMILES string of the molecule is CCC(NC(=O)n1nnc2ccccc21)[Si](OC)(OC)OC. The van der Waals surface area contributed by atoms with Crippen LogP contribution in [0.25, 0.3) is 11.0 Å². The Morgan fingerprint density at radius 2 is 1.91 bits per heavy atom. The first kappa shape index (κ1) is 16.6. The molecule has 0 fully saturated rings. The largest absolute Gasteiger partial charge is 0.523 e. The quantitative estimate of drug-likeness (QED) is 0.803. The van der Waals surface area contributed by atoms with Crippen LogP contribution in [0.15, 0.2) is 24.3 Å². The molecule has 1 unspecified atom stereocenters. The Bertz CT molecular complexity index is 635. The summed E-state index contributed by atoms with van der Waals surface area (Å²) in [5.74, 6) is 0. The Balaban J connectivity index is 2.26. The highest BCUT2D eigenvalue weighted by Gasteiger charge is 2.47. The van der Waals surface area contributed by atoms with Crippen molar-refractivity contribution in [1.82, 2.24) is 20.3 Å². The van der Waals surface area contributed by atoms with Crippen molar-refractivity contribution < 1.29 is 18.1 Å². The van der Waals surface area contributed by atoms with Crippen molar-refractivity contribution in [2.45, 2.75) is 19.0 Å². The smallest absolute Gasteiger partial charge is 0.376 e. The van der Waals surface area contributed by atoms with E-state index in [9.17, 15) is 4.79 Å². The standard InChI is InChI=1S/C13H20N4O4Si/c1-5-12(22(19-2,20-3)21-4)14-13(18)17-11-9-7-6-8-10(11)15-16-17/h6-9,12H,5H2,1-4H3,(H,14,18). The molecule has 1 heterocycles. The number of hydrogen-bond donors (Lipinski definition) is 1. The zero-order chi connectivity index (χ0) is 16.2. The van der Waals surface area contributed by atoms with Crippen LogP contribution in [0.2, 0.25) is 0 Å². The lowest BCUT2D eigenvalue weighted by Gasteiger charge is -2.32. The predicted octanol–water partition coefficient (Wildman–Crippen LogP) is 1.18. The molecular formula is C13H20N4O4Si. The Kier molecular flexibility index (Phi) is 5.24. The molecular weight excluding hydrogens is 304 g/mol. The van der Waals surface area contributed by atoms with E-state index in [1.54, 1.807) is 12.1 Å². The fraction of sp³-hybridized carbons (Fsp3) is 0.462. The van der Waals surface area contributed by atoms with Crippen LogP contribution in [0.5, 0.6) is 0 Å². The van der Waals surface area contributed by atoms with Crippen LogP contribution in [-0.4, -0.2) is 56.8 Å². The fourth-order valence-corrected chi connectivity index (χ4v) is 4.50. The molecule has 8 nitrogen and oxygen atoms in total. The van der Waals surface area contributed by atoms with Gasteiger partial charge in [0.2, 0.25) is 0 Å². The number of nitrogens with zero attached hydrogens (tertiary/aromatic N) is 3. The number of fused-ring (bicyclic) bond motifs is 1. The van der Waals surface area contributed by atoms with E-state index in [1.165, 1.54) is 26.0 Å². The molecule has 1 aromatic carbocycles. The zero-order valence-corrected chi connectivity index (χ0v) is 14.1. The molecule has 1 N–H and O–H groups in total. The highest BCUT2D eigenvalue weighted by atomic mass is 28.4. The van der Waals surface area contributed by atoms with Crippen LogP contribution in [0, 0.1) is 0 Å². The number of aromatic nitrogens is 3. The molecule has 0 saturated carbocycles. The van der Waals surface area contributed by atoms with Gasteiger partial charge >= 0.3 is 14.8 Å². The summed E-state index contributed by atoms with van der Waals surface area (Å²) in [5, 5.41) is 10.7. The van der Waals surface area contributed by atoms with E-state index in [-0.39, 0.29) is 5.67 Å². The molecule has 2 rings (SSSR count). The Morgan fingerprint density at radius 1 is 1.27 bits per heavy atom. The van der Waals surface area contributed by atoms with Crippen molar-refractivity contribution in [2.75, 3.05) is 21.3 Å². The van der Waals surface area contributed by atoms with Gasteiger partial charge in [0.05, 0.1) is 5.52 Å². The third kappa shape index (κ3) is 2.88. The molecule has 1 atom stereocenters. The molecule has 0 aliphatic heterocycles. The summed E-state index contributed by atoms with van der Waals surface area (Å²) in [6, 6.07) is 6.84. The number of rotatable bonds is 6. The van der Waals surface area contributed by atoms with Gasteiger partial charge in [-0.05, 0) is 18.6 Å². The first-order valence-electron chi connectivity index (χ1n) is 6.88. The van der Waals surface area contributed by atoms with E-state index >= 15 is 0 Å². The molecule has 9 heteroatoms. The summed E-state index contributed by atoms with van der Waals surface area (Å²) in [5.41, 5.74) is 0.900.